The Balaban J connectivity index is 0.00000264. The van der Waals surface area contributed by atoms with E-state index in [1.807, 2.05) is 13.8 Å². The van der Waals surface area contributed by atoms with E-state index in [0.717, 1.165) is 19.3 Å². The number of amides is 3. The summed E-state index contributed by atoms with van der Waals surface area (Å²) in [7, 11) is 0. The molecule has 0 aliphatic carbocycles. The highest BCUT2D eigenvalue weighted by Crippen LogP contribution is 2.19. The minimum absolute atomic E-state index is 0. The number of piperidine rings is 1. The third-order valence-electron chi connectivity index (χ3n) is 4.58. The van der Waals surface area contributed by atoms with Gasteiger partial charge in [-0.3, -0.25) is 14.4 Å². The van der Waals surface area contributed by atoms with Crippen LogP contribution in [0.3, 0.4) is 0 Å². The molecule has 23 heavy (non-hydrogen) atoms. The van der Waals surface area contributed by atoms with Crippen LogP contribution >= 0.6 is 12.4 Å². The van der Waals surface area contributed by atoms with Gasteiger partial charge in [-0.15, -0.1) is 12.4 Å². The van der Waals surface area contributed by atoms with Crippen LogP contribution in [0.1, 0.15) is 33.1 Å². The van der Waals surface area contributed by atoms with E-state index >= 15 is 0 Å². The number of likely N-dealkylation sites (tertiary alicyclic amines) is 1. The van der Waals surface area contributed by atoms with E-state index in [-0.39, 0.29) is 36.9 Å². The maximum absolute atomic E-state index is 12.5. The van der Waals surface area contributed by atoms with Crippen molar-refractivity contribution in [2.24, 2.45) is 5.73 Å². The van der Waals surface area contributed by atoms with E-state index in [9.17, 15) is 14.4 Å². The Kier molecular flexibility index (Phi) is 7.28. The Hall–Kier alpha value is -1.34. The molecule has 2 saturated heterocycles. The van der Waals surface area contributed by atoms with Crippen LogP contribution in [0, 0.1) is 0 Å². The summed E-state index contributed by atoms with van der Waals surface area (Å²) in [5, 5.41) is 0. The minimum atomic E-state index is -0.573. The van der Waals surface area contributed by atoms with Gasteiger partial charge in [0, 0.05) is 38.3 Å². The van der Waals surface area contributed by atoms with Crippen LogP contribution < -0.4 is 5.73 Å². The number of hydrogen-bond acceptors (Lipinski definition) is 4. The average molecular weight is 347 g/mol. The molecule has 2 unspecified atom stereocenters. The Labute approximate surface area is 143 Å². The van der Waals surface area contributed by atoms with Crippen LogP contribution in [-0.2, 0) is 14.4 Å². The van der Waals surface area contributed by atoms with Crippen molar-refractivity contribution in [2.75, 3.05) is 32.7 Å². The lowest BCUT2D eigenvalue weighted by Crippen LogP contribution is -2.58. The fraction of sp³-hybridized carbons (Fsp3) is 0.800. The van der Waals surface area contributed by atoms with Gasteiger partial charge in [-0.1, -0.05) is 0 Å². The van der Waals surface area contributed by atoms with Gasteiger partial charge in [-0.2, -0.15) is 0 Å². The number of nitrogens with zero attached hydrogens (tertiary/aromatic N) is 3. The highest BCUT2D eigenvalue weighted by molar-refractivity contribution is 6.35. The molecule has 3 amide bonds. The number of halogens is 1. The first kappa shape index (κ1) is 19.7. The summed E-state index contributed by atoms with van der Waals surface area (Å²) in [6, 6.07) is -0.0532. The SMILES string of the molecule is CCN1CCN(CC(=O)N2CCCCC2C(C)N)C(=O)C1=O.Cl. The zero-order valence-electron chi connectivity index (χ0n) is 13.9. The second-order valence-electron chi connectivity index (χ2n) is 6.12. The van der Waals surface area contributed by atoms with Crippen molar-refractivity contribution >= 4 is 30.1 Å². The number of nitrogens with two attached hydrogens (primary N) is 1. The molecule has 8 heteroatoms. The van der Waals surface area contributed by atoms with E-state index in [1.54, 1.807) is 4.90 Å². The van der Waals surface area contributed by atoms with Gasteiger partial charge in [-0.25, -0.2) is 0 Å². The third kappa shape index (κ3) is 4.35. The molecule has 2 atom stereocenters. The fourth-order valence-corrected chi connectivity index (χ4v) is 3.24. The maximum Gasteiger partial charge on any atom is 0.312 e. The molecular formula is C15H27ClN4O3. The summed E-state index contributed by atoms with van der Waals surface area (Å²) in [6.45, 7) is 5.84. The van der Waals surface area contributed by atoms with Crippen LogP contribution in [0.4, 0.5) is 0 Å². The molecule has 0 aromatic carbocycles. The summed E-state index contributed by atoms with van der Waals surface area (Å²) >= 11 is 0. The summed E-state index contributed by atoms with van der Waals surface area (Å²) < 4.78 is 0. The Morgan fingerprint density at radius 3 is 2.39 bits per heavy atom. The first-order valence-corrected chi connectivity index (χ1v) is 8.09. The van der Waals surface area contributed by atoms with Crippen molar-refractivity contribution in [2.45, 2.75) is 45.2 Å². The van der Waals surface area contributed by atoms with E-state index in [1.165, 1.54) is 9.80 Å². The quantitative estimate of drug-likeness (QED) is 0.716. The molecule has 0 bridgehead atoms. The topological polar surface area (TPSA) is 86.9 Å². The second-order valence-corrected chi connectivity index (χ2v) is 6.12. The molecule has 2 N–H and O–H groups in total. The normalized spacial score (nSPS) is 23.6. The fourth-order valence-electron chi connectivity index (χ4n) is 3.24. The van der Waals surface area contributed by atoms with E-state index in [2.05, 4.69) is 0 Å². The molecule has 2 aliphatic rings. The lowest BCUT2D eigenvalue weighted by atomic mass is 9.97. The minimum Gasteiger partial charge on any atom is -0.337 e. The Bertz CT molecular complexity index is 458. The lowest BCUT2D eigenvalue weighted by Gasteiger charge is -2.40. The van der Waals surface area contributed by atoms with Gasteiger partial charge >= 0.3 is 11.8 Å². The van der Waals surface area contributed by atoms with Crippen molar-refractivity contribution < 1.29 is 14.4 Å². The Morgan fingerprint density at radius 1 is 1.17 bits per heavy atom. The smallest absolute Gasteiger partial charge is 0.312 e. The molecule has 2 fully saturated rings. The summed E-state index contributed by atoms with van der Waals surface area (Å²) in [5.74, 6) is -1.19. The van der Waals surface area contributed by atoms with E-state index in [4.69, 9.17) is 5.73 Å². The molecule has 0 aromatic rings. The van der Waals surface area contributed by atoms with Crippen molar-refractivity contribution in [3.8, 4) is 0 Å². The van der Waals surface area contributed by atoms with Gasteiger partial charge in [0.15, 0.2) is 0 Å². The molecule has 0 spiro atoms. The highest BCUT2D eigenvalue weighted by atomic mass is 35.5. The molecular weight excluding hydrogens is 320 g/mol. The molecule has 0 aromatic heterocycles. The third-order valence-corrected chi connectivity index (χ3v) is 4.58. The van der Waals surface area contributed by atoms with Crippen molar-refractivity contribution in [1.82, 2.24) is 14.7 Å². The zero-order valence-corrected chi connectivity index (χ0v) is 14.7. The van der Waals surface area contributed by atoms with Gasteiger partial charge in [-0.05, 0) is 33.1 Å². The van der Waals surface area contributed by atoms with Crippen LogP contribution in [0.2, 0.25) is 0 Å². The summed E-state index contributed by atoms with van der Waals surface area (Å²) in [5.41, 5.74) is 5.98. The van der Waals surface area contributed by atoms with Crippen molar-refractivity contribution in [1.29, 1.82) is 0 Å². The molecule has 0 radical (unpaired) electrons. The first-order chi connectivity index (χ1) is 10.5. The van der Waals surface area contributed by atoms with Gasteiger partial charge in [0.2, 0.25) is 5.91 Å². The van der Waals surface area contributed by atoms with E-state index in [0.29, 0.717) is 26.2 Å². The molecule has 132 valence electrons. The van der Waals surface area contributed by atoms with Crippen molar-refractivity contribution in [3.05, 3.63) is 0 Å². The highest BCUT2D eigenvalue weighted by Gasteiger charge is 2.35. The predicted octanol–water partition coefficient (Wildman–Crippen LogP) is -0.173. The standard InChI is InChI=1S/C15H26N4O3.ClH/c1-3-17-8-9-18(15(22)14(17)21)10-13(20)19-7-5-4-6-12(19)11(2)16;/h11-12H,3-10,16H2,1-2H3;1H. The number of hydrogen-bond donors (Lipinski definition) is 1. The molecule has 2 heterocycles. The number of likely N-dealkylation sites (N-methyl/N-ethyl adjacent to an activating group) is 1. The second kappa shape index (κ2) is 8.49. The van der Waals surface area contributed by atoms with Gasteiger partial charge in [0.25, 0.3) is 0 Å². The van der Waals surface area contributed by atoms with Crippen LogP contribution in [0.5, 0.6) is 0 Å². The van der Waals surface area contributed by atoms with Crippen LogP contribution in [0.15, 0.2) is 0 Å². The number of piperazine rings is 1. The summed E-state index contributed by atoms with van der Waals surface area (Å²) in [6.07, 6.45) is 2.94. The molecule has 0 saturated carbocycles. The average Bonchev–Trinajstić information content (AvgIpc) is 2.52. The monoisotopic (exact) mass is 346 g/mol. The lowest BCUT2D eigenvalue weighted by molar-refractivity contribution is -0.158. The van der Waals surface area contributed by atoms with Crippen LogP contribution in [0.25, 0.3) is 0 Å². The largest absolute Gasteiger partial charge is 0.337 e. The zero-order chi connectivity index (χ0) is 16.3. The van der Waals surface area contributed by atoms with Gasteiger partial charge < -0.3 is 20.4 Å². The predicted molar refractivity (Wildman–Crippen MR) is 89.1 cm³/mol. The van der Waals surface area contributed by atoms with Crippen LogP contribution in [-0.4, -0.2) is 77.2 Å². The van der Waals surface area contributed by atoms with Crippen molar-refractivity contribution in [3.63, 3.8) is 0 Å². The number of carbonyl (C=O) groups is 3. The number of rotatable bonds is 4. The molecule has 2 rings (SSSR count). The molecule has 2 aliphatic heterocycles. The van der Waals surface area contributed by atoms with Gasteiger partial charge in [0.05, 0.1) is 0 Å². The maximum atomic E-state index is 12.5. The van der Waals surface area contributed by atoms with Gasteiger partial charge in [0.1, 0.15) is 6.54 Å². The number of carbonyl (C=O) groups excluding carboxylic acids is 3. The Morgan fingerprint density at radius 2 is 1.78 bits per heavy atom. The first-order valence-electron chi connectivity index (χ1n) is 8.09. The molecule has 7 nitrogen and oxygen atoms in total. The summed E-state index contributed by atoms with van der Waals surface area (Å²) in [4.78, 5) is 41.2. The van der Waals surface area contributed by atoms with E-state index < -0.39 is 11.8 Å².